The Morgan fingerprint density at radius 1 is 1.04 bits per heavy atom. The van der Waals surface area contributed by atoms with Crippen molar-refractivity contribution >= 4 is 17.7 Å². The first kappa shape index (κ1) is 19.2. The van der Waals surface area contributed by atoms with Crippen molar-refractivity contribution in [2.24, 2.45) is 0 Å². The van der Waals surface area contributed by atoms with E-state index in [1.165, 1.54) is 17.3 Å². The number of nitrogens with zero attached hydrogens (tertiary/aromatic N) is 2. The average Bonchev–Trinajstić information content (AvgIpc) is 3.10. The minimum atomic E-state index is -0.112. The number of hydrogen-bond donors (Lipinski definition) is 2. The molecule has 0 atom stereocenters. The molecule has 27 heavy (non-hydrogen) atoms. The van der Waals surface area contributed by atoms with Gasteiger partial charge in [-0.3, -0.25) is 4.79 Å². The number of amides is 1. The largest absolute Gasteiger partial charge is 0.390 e. The van der Waals surface area contributed by atoms with Crippen molar-refractivity contribution in [2.45, 2.75) is 24.7 Å². The van der Waals surface area contributed by atoms with Gasteiger partial charge >= 0.3 is 0 Å². The summed E-state index contributed by atoms with van der Waals surface area (Å²) in [6.07, 6.45) is 2.65. The highest BCUT2D eigenvalue weighted by atomic mass is 32.2. The second kappa shape index (κ2) is 9.94. The van der Waals surface area contributed by atoms with E-state index in [0.29, 0.717) is 24.5 Å². The summed E-state index contributed by atoms with van der Waals surface area (Å²) >= 11 is 1.39. The summed E-state index contributed by atoms with van der Waals surface area (Å²) in [5.41, 5.74) is 2.96. The summed E-state index contributed by atoms with van der Waals surface area (Å²) in [7, 11) is 0. The summed E-state index contributed by atoms with van der Waals surface area (Å²) < 4.78 is 1.98. The number of imidazole rings is 1. The van der Waals surface area contributed by atoms with Crippen LogP contribution in [0.5, 0.6) is 0 Å². The molecule has 0 aliphatic rings. The molecule has 1 aromatic heterocycles. The quantitative estimate of drug-likeness (QED) is 0.560. The molecule has 140 valence electrons. The Hall–Kier alpha value is -2.57. The van der Waals surface area contributed by atoms with Crippen LogP contribution in [0.3, 0.4) is 0 Å². The molecular weight excluding hydrogens is 358 g/mol. The summed E-state index contributed by atoms with van der Waals surface area (Å²) in [5.74, 6) is 0.279. The Kier molecular flexibility index (Phi) is 7.07. The first-order valence-corrected chi connectivity index (χ1v) is 9.87. The Balaban J connectivity index is 1.52. The molecule has 1 amide bonds. The molecule has 3 rings (SSSR count). The van der Waals surface area contributed by atoms with Crippen molar-refractivity contribution in [3.8, 4) is 0 Å². The van der Waals surface area contributed by atoms with Crippen molar-refractivity contribution in [1.82, 2.24) is 14.9 Å². The minimum absolute atomic E-state index is 0.0178. The van der Waals surface area contributed by atoms with Crippen LogP contribution in [0.2, 0.25) is 0 Å². The molecule has 1 heterocycles. The Bertz CT molecular complexity index is 850. The van der Waals surface area contributed by atoms with Gasteiger partial charge in [-0.2, -0.15) is 0 Å². The smallest absolute Gasteiger partial charge is 0.230 e. The van der Waals surface area contributed by atoms with E-state index in [-0.39, 0.29) is 12.5 Å². The van der Waals surface area contributed by atoms with Crippen molar-refractivity contribution in [2.75, 3.05) is 12.3 Å². The first-order valence-electron chi connectivity index (χ1n) is 8.89. The molecular formula is C21H23N3O2S. The Morgan fingerprint density at radius 2 is 1.70 bits per heavy atom. The highest BCUT2D eigenvalue weighted by molar-refractivity contribution is 7.99. The molecule has 0 saturated carbocycles. The number of rotatable bonds is 9. The maximum atomic E-state index is 12.1. The number of nitrogens with one attached hydrogen (secondary N) is 1. The van der Waals surface area contributed by atoms with Gasteiger partial charge in [0.2, 0.25) is 5.91 Å². The zero-order valence-corrected chi connectivity index (χ0v) is 15.9. The van der Waals surface area contributed by atoms with Gasteiger partial charge in [-0.05, 0) is 17.5 Å². The van der Waals surface area contributed by atoms with Crippen molar-refractivity contribution in [3.63, 3.8) is 0 Å². The van der Waals surface area contributed by atoms with E-state index in [2.05, 4.69) is 22.4 Å². The normalized spacial score (nSPS) is 10.7. The third-order valence-corrected chi connectivity index (χ3v) is 5.05. The van der Waals surface area contributed by atoms with Gasteiger partial charge in [0.25, 0.3) is 0 Å². The zero-order chi connectivity index (χ0) is 18.9. The molecule has 0 radical (unpaired) electrons. The number of thioether (sulfide) groups is 1. The van der Waals surface area contributed by atoms with Gasteiger partial charge in [-0.25, -0.2) is 4.98 Å². The molecule has 5 nitrogen and oxygen atoms in total. The standard InChI is InChI=1S/C21H23N3O2S/c25-15-19-14-24(13-18-9-5-2-6-10-18)21(23-19)27-16-20(26)22-12-11-17-7-3-1-4-8-17/h1-10,14,25H,11-13,15-16H2,(H,22,26). The topological polar surface area (TPSA) is 67.1 Å². The number of carbonyl (C=O) groups excluding carboxylic acids is 1. The number of carbonyl (C=O) groups is 1. The van der Waals surface area contributed by atoms with Crippen LogP contribution in [0.1, 0.15) is 16.8 Å². The highest BCUT2D eigenvalue weighted by Gasteiger charge is 2.11. The first-order chi connectivity index (χ1) is 13.2. The number of aliphatic hydroxyl groups is 1. The van der Waals surface area contributed by atoms with Crippen LogP contribution in [0, 0.1) is 0 Å². The lowest BCUT2D eigenvalue weighted by Crippen LogP contribution is -2.27. The SMILES string of the molecule is O=C(CSc1nc(CO)cn1Cc1ccccc1)NCCc1ccccc1. The van der Waals surface area contributed by atoms with Gasteiger partial charge in [-0.1, -0.05) is 72.4 Å². The summed E-state index contributed by atoms with van der Waals surface area (Å²) in [5, 5.41) is 13.1. The predicted molar refractivity (Wildman–Crippen MR) is 108 cm³/mol. The van der Waals surface area contributed by atoms with E-state index in [4.69, 9.17) is 0 Å². The van der Waals surface area contributed by atoms with Crippen LogP contribution in [0.4, 0.5) is 0 Å². The van der Waals surface area contributed by atoms with Crippen LogP contribution in [-0.4, -0.2) is 32.9 Å². The van der Waals surface area contributed by atoms with Crippen molar-refractivity contribution in [1.29, 1.82) is 0 Å². The van der Waals surface area contributed by atoms with Gasteiger partial charge in [-0.15, -0.1) is 0 Å². The van der Waals surface area contributed by atoms with E-state index in [1.54, 1.807) is 0 Å². The van der Waals surface area contributed by atoms with Gasteiger partial charge in [0.05, 0.1) is 18.1 Å². The molecule has 0 spiro atoms. The maximum absolute atomic E-state index is 12.1. The van der Waals surface area contributed by atoms with Gasteiger partial charge < -0.3 is 15.0 Å². The van der Waals surface area contributed by atoms with E-state index < -0.39 is 0 Å². The third kappa shape index (κ3) is 5.98. The number of aliphatic hydroxyl groups excluding tert-OH is 1. The summed E-state index contributed by atoms with van der Waals surface area (Å²) in [6, 6.07) is 20.1. The van der Waals surface area contributed by atoms with Crippen molar-refractivity contribution in [3.05, 3.63) is 83.7 Å². The molecule has 0 aliphatic heterocycles. The van der Waals surface area contributed by atoms with E-state index in [1.807, 2.05) is 59.3 Å². The zero-order valence-electron chi connectivity index (χ0n) is 15.0. The number of aromatic nitrogens is 2. The van der Waals surface area contributed by atoms with E-state index in [9.17, 15) is 9.90 Å². The van der Waals surface area contributed by atoms with Crippen molar-refractivity contribution < 1.29 is 9.90 Å². The molecule has 2 aromatic carbocycles. The monoisotopic (exact) mass is 381 g/mol. The van der Waals surface area contributed by atoms with Gasteiger partial charge in [0, 0.05) is 19.3 Å². The molecule has 6 heteroatoms. The second-order valence-corrected chi connectivity index (χ2v) is 7.10. The molecule has 0 unspecified atom stereocenters. The van der Waals surface area contributed by atoms with Gasteiger partial charge in [0.15, 0.2) is 5.16 Å². The van der Waals surface area contributed by atoms with Crippen LogP contribution < -0.4 is 5.32 Å². The lowest BCUT2D eigenvalue weighted by Gasteiger charge is -2.08. The lowest BCUT2D eigenvalue weighted by molar-refractivity contribution is -0.118. The fourth-order valence-corrected chi connectivity index (χ4v) is 3.54. The summed E-state index contributed by atoms with van der Waals surface area (Å²) in [4.78, 5) is 16.6. The minimum Gasteiger partial charge on any atom is -0.390 e. The maximum Gasteiger partial charge on any atom is 0.230 e. The molecule has 3 aromatic rings. The van der Waals surface area contributed by atoms with Gasteiger partial charge in [0.1, 0.15) is 0 Å². The number of benzene rings is 2. The lowest BCUT2D eigenvalue weighted by atomic mass is 10.1. The third-order valence-electron chi connectivity index (χ3n) is 4.06. The second-order valence-electron chi connectivity index (χ2n) is 6.16. The van der Waals surface area contributed by atoms with E-state index in [0.717, 1.165) is 17.1 Å². The molecule has 0 bridgehead atoms. The van der Waals surface area contributed by atoms with Crippen LogP contribution >= 0.6 is 11.8 Å². The van der Waals surface area contributed by atoms with E-state index >= 15 is 0 Å². The summed E-state index contributed by atoms with van der Waals surface area (Å²) in [6.45, 7) is 1.16. The predicted octanol–water partition coefficient (Wildman–Crippen LogP) is 2.87. The highest BCUT2D eigenvalue weighted by Crippen LogP contribution is 2.19. The molecule has 0 saturated heterocycles. The average molecular weight is 382 g/mol. The fraction of sp³-hybridized carbons (Fsp3) is 0.238. The Labute approximate surface area is 163 Å². The fourth-order valence-electron chi connectivity index (χ4n) is 2.71. The van der Waals surface area contributed by atoms with Crippen LogP contribution in [0.25, 0.3) is 0 Å². The van der Waals surface area contributed by atoms with Crippen LogP contribution in [0.15, 0.2) is 72.0 Å². The molecule has 0 fully saturated rings. The molecule has 2 N–H and O–H groups in total. The Morgan fingerprint density at radius 3 is 2.37 bits per heavy atom. The number of hydrogen-bond acceptors (Lipinski definition) is 4. The van der Waals surface area contributed by atoms with Crippen LogP contribution in [-0.2, 0) is 24.4 Å². The molecule has 0 aliphatic carbocycles.